The van der Waals surface area contributed by atoms with Crippen molar-refractivity contribution in [3.63, 3.8) is 0 Å². The maximum absolute atomic E-state index is 12.5. The molecule has 4 heteroatoms. The largest absolute Gasteiger partial charge is 0.344 e. The molecule has 1 unspecified atom stereocenters. The lowest BCUT2D eigenvalue weighted by Crippen LogP contribution is -2.53. The Morgan fingerprint density at radius 1 is 1.17 bits per heavy atom. The zero-order chi connectivity index (χ0) is 14.1. The fourth-order valence-corrected chi connectivity index (χ4v) is 2.14. The molecule has 1 aliphatic rings. The Bertz CT molecular complexity index is 337. The first kappa shape index (κ1) is 15.0. The highest BCUT2D eigenvalue weighted by Crippen LogP contribution is 2.25. The highest BCUT2D eigenvalue weighted by Gasteiger charge is 2.38. The minimum atomic E-state index is -0.421. The summed E-state index contributed by atoms with van der Waals surface area (Å²) in [5, 5.41) is 2.85. The summed E-state index contributed by atoms with van der Waals surface area (Å²) in [6, 6.07) is -0.421. The third-order valence-electron chi connectivity index (χ3n) is 3.00. The van der Waals surface area contributed by atoms with Gasteiger partial charge in [0.1, 0.15) is 6.04 Å². The molecule has 1 atom stereocenters. The zero-order valence-corrected chi connectivity index (χ0v) is 12.5. The Kier molecular flexibility index (Phi) is 4.08. The molecule has 104 valence electrons. The molecule has 0 spiro atoms. The molecule has 0 radical (unpaired) electrons. The van der Waals surface area contributed by atoms with Crippen LogP contribution < -0.4 is 5.32 Å². The second-order valence-corrected chi connectivity index (χ2v) is 7.44. The molecule has 1 heterocycles. The van der Waals surface area contributed by atoms with E-state index in [1.165, 1.54) is 0 Å². The van der Waals surface area contributed by atoms with E-state index in [0.29, 0.717) is 19.5 Å². The average molecular weight is 254 g/mol. The number of carbonyl (C=O) groups excluding carboxylic acids is 2. The molecule has 0 aromatic carbocycles. The summed E-state index contributed by atoms with van der Waals surface area (Å²) >= 11 is 0. The van der Waals surface area contributed by atoms with Crippen LogP contribution >= 0.6 is 0 Å². The molecule has 0 bridgehead atoms. The van der Waals surface area contributed by atoms with Gasteiger partial charge in [-0.05, 0) is 10.8 Å². The molecule has 1 saturated heterocycles. The van der Waals surface area contributed by atoms with E-state index in [4.69, 9.17) is 0 Å². The van der Waals surface area contributed by atoms with Crippen molar-refractivity contribution in [1.29, 1.82) is 0 Å². The molecule has 1 fully saturated rings. The molecule has 4 nitrogen and oxygen atoms in total. The maximum atomic E-state index is 12.5. The fraction of sp³-hybridized carbons (Fsp3) is 0.857. The van der Waals surface area contributed by atoms with Gasteiger partial charge in [-0.2, -0.15) is 0 Å². The quantitative estimate of drug-likeness (QED) is 0.775. The molecule has 2 amide bonds. The second kappa shape index (κ2) is 4.90. The summed E-state index contributed by atoms with van der Waals surface area (Å²) in [7, 11) is 0. The third-order valence-corrected chi connectivity index (χ3v) is 3.00. The SMILES string of the molecule is CC(C)(C)CN1CCC(=O)NC(C(C)(C)C)C1=O. The van der Waals surface area contributed by atoms with Gasteiger partial charge in [-0.3, -0.25) is 9.59 Å². The Labute approximate surface area is 110 Å². The van der Waals surface area contributed by atoms with Crippen molar-refractivity contribution >= 4 is 11.8 Å². The van der Waals surface area contributed by atoms with E-state index in [0.717, 1.165) is 0 Å². The number of amides is 2. The van der Waals surface area contributed by atoms with Crippen molar-refractivity contribution in [3.05, 3.63) is 0 Å². The predicted octanol–water partition coefficient (Wildman–Crippen LogP) is 1.80. The Balaban J connectivity index is 2.94. The van der Waals surface area contributed by atoms with Crippen LogP contribution in [0.2, 0.25) is 0 Å². The van der Waals surface area contributed by atoms with Crippen LogP contribution in [0, 0.1) is 10.8 Å². The van der Waals surface area contributed by atoms with Crippen molar-refractivity contribution in [2.24, 2.45) is 10.8 Å². The standard InChI is InChI=1S/C14H26N2O2/c1-13(2,3)9-16-8-7-10(17)15-11(12(16)18)14(4,5)6/h11H,7-9H2,1-6H3,(H,15,17). The highest BCUT2D eigenvalue weighted by molar-refractivity contribution is 5.90. The van der Waals surface area contributed by atoms with Crippen LogP contribution in [0.5, 0.6) is 0 Å². The van der Waals surface area contributed by atoms with Gasteiger partial charge in [0.15, 0.2) is 0 Å². The number of nitrogens with zero attached hydrogens (tertiary/aromatic N) is 1. The minimum Gasteiger partial charge on any atom is -0.344 e. The smallest absolute Gasteiger partial charge is 0.245 e. The predicted molar refractivity (Wildman–Crippen MR) is 72.0 cm³/mol. The van der Waals surface area contributed by atoms with Crippen LogP contribution in [0.15, 0.2) is 0 Å². The van der Waals surface area contributed by atoms with Gasteiger partial charge in [0, 0.05) is 19.5 Å². The summed E-state index contributed by atoms with van der Waals surface area (Å²) in [5.74, 6) is 0.0166. The van der Waals surface area contributed by atoms with Gasteiger partial charge in [-0.15, -0.1) is 0 Å². The first-order chi connectivity index (χ1) is 8.00. The van der Waals surface area contributed by atoms with Crippen LogP contribution in [-0.4, -0.2) is 35.8 Å². The van der Waals surface area contributed by atoms with Crippen LogP contribution in [0.1, 0.15) is 48.0 Å². The first-order valence-electron chi connectivity index (χ1n) is 6.59. The number of hydrogen-bond donors (Lipinski definition) is 1. The highest BCUT2D eigenvalue weighted by atomic mass is 16.2. The molecule has 1 aliphatic heterocycles. The van der Waals surface area contributed by atoms with Crippen molar-refractivity contribution in [1.82, 2.24) is 10.2 Å². The van der Waals surface area contributed by atoms with E-state index >= 15 is 0 Å². The van der Waals surface area contributed by atoms with Gasteiger partial charge in [-0.25, -0.2) is 0 Å². The number of carbonyl (C=O) groups is 2. The lowest BCUT2D eigenvalue weighted by Gasteiger charge is -2.35. The van der Waals surface area contributed by atoms with E-state index in [1.807, 2.05) is 25.7 Å². The lowest BCUT2D eigenvalue weighted by atomic mass is 9.85. The molecule has 0 aliphatic carbocycles. The fourth-order valence-electron chi connectivity index (χ4n) is 2.14. The summed E-state index contributed by atoms with van der Waals surface area (Å²) < 4.78 is 0. The zero-order valence-electron chi connectivity index (χ0n) is 12.5. The summed E-state index contributed by atoms with van der Waals surface area (Å²) in [4.78, 5) is 26.1. The Morgan fingerprint density at radius 2 is 1.72 bits per heavy atom. The monoisotopic (exact) mass is 254 g/mol. The second-order valence-electron chi connectivity index (χ2n) is 7.44. The van der Waals surface area contributed by atoms with E-state index in [1.54, 1.807) is 0 Å². The summed E-state index contributed by atoms with van der Waals surface area (Å²) in [5.41, 5.74) is -0.210. The third kappa shape index (κ3) is 4.00. The van der Waals surface area contributed by atoms with Crippen LogP contribution in [0.4, 0.5) is 0 Å². The number of rotatable bonds is 1. The van der Waals surface area contributed by atoms with E-state index in [-0.39, 0.29) is 22.6 Å². The average Bonchev–Trinajstić information content (AvgIpc) is 2.27. The van der Waals surface area contributed by atoms with Crippen LogP contribution in [-0.2, 0) is 9.59 Å². The minimum absolute atomic E-state index is 0.0281. The lowest BCUT2D eigenvalue weighted by molar-refractivity contribution is -0.137. The van der Waals surface area contributed by atoms with E-state index < -0.39 is 6.04 Å². The van der Waals surface area contributed by atoms with Gasteiger partial charge in [0.25, 0.3) is 0 Å². The van der Waals surface area contributed by atoms with E-state index in [9.17, 15) is 9.59 Å². The topological polar surface area (TPSA) is 49.4 Å². The molecule has 1 rings (SSSR count). The van der Waals surface area contributed by atoms with Gasteiger partial charge in [0.2, 0.25) is 11.8 Å². The normalized spacial score (nSPS) is 22.8. The van der Waals surface area contributed by atoms with Gasteiger partial charge < -0.3 is 10.2 Å². The van der Waals surface area contributed by atoms with Gasteiger partial charge in [0.05, 0.1) is 0 Å². The molecule has 0 aromatic heterocycles. The number of hydrogen-bond acceptors (Lipinski definition) is 2. The summed E-state index contributed by atoms with van der Waals surface area (Å²) in [6.45, 7) is 13.5. The molecular weight excluding hydrogens is 228 g/mol. The van der Waals surface area contributed by atoms with Crippen LogP contribution in [0.25, 0.3) is 0 Å². The molecular formula is C14H26N2O2. The van der Waals surface area contributed by atoms with Crippen molar-refractivity contribution in [2.45, 2.75) is 54.0 Å². The summed E-state index contributed by atoms with van der Waals surface area (Å²) in [6.07, 6.45) is 0.397. The van der Waals surface area contributed by atoms with Crippen molar-refractivity contribution < 1.29 is 9.59 Å². The Morgan fingerprint density at radius 3 is 2.17 bits per heavy atom. The first-order valence-corrected chi connectivity index (χ1v) is 6.59. The molecule has 0 aromatic rings. The van der Waals surface area contributed by atoms with Crippen molar-refractivity contribution in [2.75, 3.05) is 13.1 Å². The Hall–Kier alpha value is -1.06. The molecule has 18 heavy (non-hydrogen) atoms. The van der Waals surface area contributed by atoms with E-state index in [2.05, 4.69) is 26.1 Å². The molecule has 0 saturated carbocycles. The van der Waals surface area contributed by atoms with Crippen LogP contribution in [0.3, 0.4) is 0 Å². The van der Waals surface area contributed by atoms with Crippen molar-refractivity contribution in [3.8, 4) is 0 Å². The number of nitrogens with one attached hydrogen (secondary N) is 1. The molecule has 1 N–H and O–H groups in total. The van der Waals surface area contributed by atoms with Gasteiger partial charge >= 0.3 is 0 Å². The van der Waals surface area contributed by atoms with Gasteiger partial charge in [-0.1, -0.05) is 41.5 Å². The maximum Gasteiger partial charge on any atom is 0.245 e.